The molecule has 8 heteroatoms. The molecule has 118 heavy (non-hydrogen) atoms. The lowest BCUT2D eigenvalue weighted by molar-refractivity contribution is 0.127. The number of unbranched alkanes of at least 4 members (excludes halogenated alkanes) is 40. The van der Waals surface area contributed by atoms with Gasteiger partial charge in [0.05, 0.1) is 35.3 Å². The van der Waals surface area contributed by atoms with Crippen LogP contribution in [0.5, 0.6) is 0 Å². The van der Waals surface area contributed by atoms with E-state index in [-0.39, 0.29) is 0 Å². The number of hydrogen-bond acceptors (Lipinski definition) is 6. The van der Waals surface area contributed by atoms with Crippen molar-refractivity contribution in [1.82, 2.24) is 0 Å². The van der Waals surface area contributed by atoms with E-state index in [1.807, 2.05) is 45.3 Å². The summed E-state index contributed by atoms with van der Waals surface area (Å²) >= 11 is 7.89. The Labute approximate surface area is 744 Å². The van der Waals surface area contributed by atoms with Crippen molar-refractivity contribution in [3.63, 3.8) is 0 Å². The van der Waals surface area contributed by atoms with Gasteiger partial charge >= 0.3 is 0 Å². The topological polar surface area (TPSA) is 40.5 Å². The first-order valence-electron chi connectivity index (χ1n) is 50.1. The number of rotatable bonds is 66. The minimum absolute atomic E-state index is 1.01. The predicted octanol–water partition coefficient (Wildman–Crippen LogP) is 35.3. The quantitative estimate of drug-likeness (QED) is 0.0295. The van der Waals surface area contributed by atoms with Crippen molar-refractivity contribution < 1.29 is 10.2 Å². The maximum atomic E-state index is 16.4. The van der Waals surface area contributed by atoms with Crippen molar-refractivity contribution in [1.29, 1.82) is 0 Å². The molecule has 2 N–H and O–H groups in total. The zero-order chi connectivity index (χ0) is 84.4. The first kappa shape index (κ1) is 99.7. The van der Waals surface area contributed by atoms with Crippen molar-refractivity contribution in [2.75, 3.05) is 0 Å². The monoisotopic (exact) mass is 1710 g/mol. The highest BCUT2D eigenvalue weighted by atomic mass is 32.1. The van der Waals surface area contributed by atoms with Crippen molar-refractivity contribution in [3.8, 4) is 19.5 Å². The van der Waals surface area contributed by atoms with Crippen LogP contribution in [0.25, 0.3) is 28.9 Å². The van der Waals surface area contributed by atoms with Crippen LogP contribution in [-0.4, -0.2) is 26.4 Å². The first-order chi connectivity index (χ1) is 57.3. The van der Waals surface area contributed by atoms with Gasteiger partial charge < -0.3 is 10.2 Å². The third-order valence-electron chi connectivity index (χ3n) is 25.8. The molecule has 0 aliphatic heterocycles. The fraction of sp³-hybridized carbons (Fsp3) is 0.655. The lowest BCUT2D eigenvalue weighted by Crippen LogP contribution is -2.34. The lowest BCUT2D eigenvalue weighted by Gasteiger charge is -2.33. The zero-order valence-corrected chi connectivity index (χ0v) is 83.6. The molecule has 0 saturated carbocycles. The molecule has 0 aliphatic rings. The minimum Gasteiger partial charge on any atom is -0.376 e. The van der Waals surface area contributed by atoms with Crippen LogP contribution in [0.1, 0.15) is 441 Å². The molecule has 0 aliphatic carbocycles. The summed E-state index contributed by atoms with van der Waals surface area (Å²) in [6.07, 6.45) is 68.2. The van der Waals surface area contributed by atoms with E-state index in [2.05, 4.69) is 192 Å². The van der Waals surface area contributed by atoms with Crippen LogP contribution in [0.4, 0.5) is 0 Å². The van der Waals surface area contributed by atoms with Gasteiger partial charge in [0, 0.05) is 20.9 Å². The molecule has 0 saturated heterocycles. The molecule has 656 valence electrons. The highest BCUT2D eigenvalue weighted by Crippen LogP contribution is 2.60. The van der Waals surface area contributed by atoms with Gasteiger partial charge in [0.2, 0.25) is 0 Å². The Morgan fingerprint density at radius 2 is 0.390 bits per heavy atom. The highest BCUT2D eigenvalue weighted by Gasteiger charge is 2.47. The van der Waals surface area contributed by atoms with Gasteiger partial charge in [-0.3, -0.25) is 0 Å². The van der Waals surface area contributed by atoms with E-state index in [0.29, 0.717) is 0 Å². The van der Waals surface area contributed by atoms with Gasteiger partial charge in [-0.2, -0.15) is 0 Å². The van der Waals surface area contributed by atoms with Crippen LogP contribution in [0.3, 0.4) is 0 Å². The maximum Gasteiger partial charge on any atom is 0.143 e. The summed E-state index contributed by atoms with van der Waals surface area (Å²) in [5.41, 5.74) is 14.1. The fourth-order valence-electron chi connectivity index (χ4n) is 18.5. The molecule has 4 heterocycles. The van der Waals surface area contributed by atoms with Gasteiger partial charge in [0.25, 0.3) is 0 Å². The van der Waals surface area contributed by atoms with E-state index in [1.165, 1.54) is 330 Å². The van der Waals surface area contributed by atoms with E-state index in [4.69, 9.17) is 0 Å². The lowest BCUT2D eigenvalue weighted by atomic mass is 9.75. The molecule has 0 unspecified atom stereocenters. The van der Waals surface area contributed by atoms with Crippen molar-refractivity contribution in [2.45, 2.75) is 465 Å². The summed E-state index contributed by atoms with van der Waals surface area (Å²) in [6, 6.07) is 40.5. The van der Waals surface area contributed by atoms with Crippen molar-refractivity contribution in [2.24, 2.45) is 0 Å². The molecule has 8 rings (SSSR count). The second-order valence-corrected chi connectivity index (χ2v) is 53.8. The molecular formula is C110H172O2S4Si2. The maximum absolute atomic E-state index is 16.4. The Morgan fingerprint density at radius 3 is 0.551 bits per heavy atom. The molecule has 0 fully saturated rings. The fourth-order valence-corrected chi connectivity index (χ4v) is 27.6. The summed E-state index contributed by atoms with van der Waals surface area (Å²) in [6.45, 7) is 33.9. The summed E-state index contributed by atoms with van der Waals surface area (Å²) in [4.78, 5) is 4.87. The Kier molecular flexibility index (Phi) is 45.8. The summed E-state index contributed by atoms with van der Waals surface area (Å²) in [5, 5.41) is 32.9. The van der Waals surface area contributed by atoms with Gasteiger partial charge in [-0.15, -0.1) is 45.3 Å². The molecular weight excluding hydrogens is 1540 g/mol. The van der Waals surface area contributed by atoms with E-state index in [1.54, 1.807) is 0 Å². The Hall–Kier alpha value is -3.71. The average Bonchev–Trinajstić information content (AvgIpc) is 1.53. The van der Waals surface area contributed by atoms with Crippen LogP contribution in [0.2, 0.25) is 39.3 Å². The number of thiophene rings is 4. The molecule has 2 nitrogen and oxygen atoms in total. The Morgan fingerprint density at radius 1 is 0.220 bits per heavy atom. The normalized spacial score (nSPS) is 12.4. The van der Waals surface area contributed by atoms with Crippen molar-refractivity contribution in [3.05, 3.63) is 175 Å². The molecule has 0 atom stereocenters. The van der Waals surface area contributed by atoms with E-state index < -0.39 is 27.3 Å². The van der Waals surface area contributed by atoms with Crippen LogP contribution in [0, 0.1) is 0 Å². The number of benzene rings is 4. The first-order valence-corrected chi connectivity index (χ1v) is 60.3. The SMILES string of the molecule is CCCCCCCCc1cc(CCCCCCCC)cc(C(O)(c2cc(CCCCCCCC)cc(CCCCCCCC)c2)c2c(-c3ccc([Si](C)(C)C)s3)sc3c(C(O)(c4cc(CCCCCCCC)cc(CCCCCCCC)c4)c4cc(CCCCCCCC)cc(CCCCCCCC)c4)c(-c4ccc([Si](C)(C)C)s4)sc23)c1. The number of aryl methyl sites for hydroxylation is 8. The summed E-state index contributed by atoms with van der Waals surface area (Å²) < 4.78 is 5.29. The molecule has 0 amide bonds. The van der Waals surface area contributed by atoms with E-state index in [9.17, 15) is 0 Å². The second-order valence-electron chi connectivity index (χ2n) is 38.8. The molecule has 0 radical (unpaired) electrons. The Bertz CT molecular complexity index is 3510. The van der Waals surface area contributed by atoms with Crippen LogP contribution in [-0.2, 0) is 62.6 Å². The Balaban J connectivity index is 1.58. The van der Waals surface area contributed by atoms with Gasteiger partial charge in [0.15, 0.2) is 0 Å². The van der Waals surface area contributed by atoms with Crippen LogP contribution >= 0.6 is 45.3 Å². The van der Waals surface area contributed by atoms with Gasteiger partial charge in [-0.05, 0) is 191 Å². The summed E-state index contributed by atoms with van der Waals surface area (Å²) in [5.74, 6) is 0. The van der Waals surface area contributed by atoms with Gasteiger partial charge in [-0.1, -0.05) is 436 Å². The standard InChI is InChI=1S/C110H172O2S4Si2/c1-15-23-31-39-47-55-63-87-75-88(64-56-48-40-32-24-16-2)80-95(79-87)109(111,96-81-89(65-57-49-41-33-25-17-3)76-90(82-96)66-58-50-42-34-26-18-4)103-105(99-71-73-101(113-99)117(9,10)11)115-108-104(106(116-107(103)108)100-72-74-102(114-100)118(12,13)14)110(112,97-83-91(67-59-51-43-35-27-19-5)77-92(84-97)68-60-52-44-36-28-20-6)98-85-93(69-61-53-45-37-29-21-7)78-94(86-98)70-62-54-46-38-30-22-8/h71-86,111-112H,15-70H2,1-14H3. The van der Waals surface area contributed by atoms with E-state index >= 15 is 10.2 Å². The molecule has 0 bridgehead atoms. The molecule has 0 spiro atoms. The van der Waals surface area contributed by atoms with Crippen LogP contribution in [0.15, 0.2) is 97.1 Å². The minimum atomic E-state index is -1.85. The number of fused-ring (bicyclic) bond motifs is 1. The molecule has 4 aromatic carbocycles. The third-order valence-corrected chi connectivity index (χ3v) is 38.1. The molecule has 8 aromatic rings. The van der Waals surface area contributed by atoms with Crippen LogP contribution < -0.4 is 9.00 Å². The predicted molar refractivity (Wildman–Crippen MR) is 539 cm³/mol. The number of aliphatic hydroxyl groups is 2. The largest absolute Gasteiger partial charge is 0.376 e. The second kappa shape index (κ2) is 54.2. The smallest absolute Gasteiger partial charge is 0.143 e. The van der Waals surface area contributed by atoms with E-state index in [0.717, 1.165) is 146 Å². The third kappa shape index (κ3) is 31.5. The van der Waals surface area contributed by atoms with Gasteiger partial charge in [0.1, 0.15) is 11.2 Å². The average molecular weight is 1710 g/mol. The number of hydrogen-bond donors (Lipinski definition) is 2. The van der Waals surface area contributed by atoms with Gasteiger partial charge in [-0.25, -0.2) is 0 Å². The summed E-state index contributed by atoms with van der Waals surface area (Å²) in [7, 11) is -3.70. The molecule has 4 aromatic heterocycles. The zero-order valence-electron chi connectivity index (χ0n) is 78.4. The highest BCUT2D eigenvalue weighted by molar-refractivity contribution is 7.36. The van der Waals surface area contributed by atoms with Crippen molar-refractivity contribution >= 4 is 79.9 Å².